The van der Waals surface area contributed by atoms with Crippen LogP contribution in [0.4, 0.5) is 0 Å². The van der Waals surface area contributed by atoms with Gasteiger partial charge in [0.2, 0.25) is 0 Å². The van der Waals surface area contributed by atoms with Crippen LogP contribution in [0.2, 0.25) is 0 Å². The van der Waals surface area contributed by atoms with E-state index in [1.807, 2.05) is 6.07 Å². The molecule has 0 saturated heterocycles. The van der Waals surface area contributed by atoms with Crippen LogP contribution in [0.3, 0.4) is 0 Å². The predicted molar refractivity (Wildman–Crippen MR) is 254 cm³/mol. The molecule has 1 aliphatic rings. The third kappa shape index (κ3) is 10.1. The summed E-state index contributed by atoms with van der Waals surface area (Å²) in [5.74, 6) is 1.06. The number of hydrogen-bond donors (Lipinski definition) is 0. The second-order valence-corrected chi connectivity index (χ2v) is 21.4. The monoisotopic (exact) mass is 889 g/mol. The van der Waals surface area contributed by atoms with E-state index in [0.717, 1.165) is 9.52 Å². The van der Waals surface area contributed by atoms with Gasteiger partial charge in [-0.05, 0) is 50.7 Å². The van der Waals surface area contributed by atoms with Crippen molar-refractivity contribution in [1.82, 2.24) is 0 Å². The van der Waals surface area contributed by atoms with Crippen LogP contribution in [-0.2, 0) is 20.8 Å². The van der Waals surface area contributed by atoms with Crippen molar-refractivity contribution in [1.29, 1.82) is 0 Å². The van der Waals surface area contributed by atoms with Crippen LogP contribution in [0, 0.1) is 47.6 Å². The van der Waals surface area contributed by atoms with E-state index in [-0.39, 0.29) is 0 Å². The van der Waals surface area contributed by atoms with Gasteiger partial charge in [-0.15, -0.1) is 74.6 Å². The molecule has 0 fully saturated rings. The van der Waals surface area contributed by atoms with Gasteiger partial charge in [-0.3, -0.25) is 0 Å². The summed E-state index contributed by atoms with van der Waals surface area (Å²) in [6.45, 7) is 22.2. The first-order valence-corrected chi connectivity index (χ1v) is 27.5. The second kappa shape index (κ2) is 19.5. The van der Waals surface area contributed by atoms with Gasteiger partial charge in [0.15, 0.2) is 0 Å². The van der Waals surface area contributed by atoms with Crippen molar-refractivity contribution in [3.05, 3.63) is 178 Å². The Morgan fingerprint density at radius 2 is 0.966 bits per heavy atom. The van der Waals surface area contributed by atoms with Crippen LogP contribution in [0.5, 0.6) is 0 Å². The third-order valence-electron chi connectivity index (χ3n) is 10.7. The van der Waals surface area contributed by atoms with Gasteiger partial charge in [0.05, 0.1) is 9.52 Å². The average Bonchev–Trinajstić information content (AvgIpc) is 3.87. The first kappa shape index (κ1) is 43.8. The fourth-order valence-corrected chi connectivity index (χ4v) is 9.78. The number of aryl methyl sites for hydroxylation is 6. The molecule has 8 aromatic carbocycles. The Labute approximate surface area is 368 Å². The molecule has 0 spiro atoms. The SMILES string of the molecule is Cc1cc(C)cc(-c2c(C(C)C)ccc3[cH-]c(C)cc23)c1.Cc1cc(C)cc(-c2c(C(C)C)ccc3[cH-]c(C)cc23)c1.[Cl][Zr][Cl].[c-]1cccc2c1[Si]c1ccccc1-2. The zero-order valence-electron chi connectivity index (χ0n) is 35.5. The van der Waals surface area contributed by atoms with Crippen molar-refractivity contribution in [2.45, 2.75) is 81.1 Å². The normalized spacial score (nSPS) is 11.3. The zero-order valence-corrected chi connectivity index (χ0v) is 40.5. The van der Waals surface area contributed by atoms with E-state index in [2.05, 4.69) is 197 Å². The number of halogens is 2. The van der Waals surface area contributed by atoms with E-state index < -0.39 is 20.8 Å². The number of benzene rings is 6. The van der Waals surface area contributed by atoms with Crippen molar-refractivity contribution in [3.8, 4) is 33.4 Å². The average molecular weight is 892 g/mol. The molecule has 0 atom stereocenters. The first-order valence-electron chi connectivity index (χ1n) is 20.2. The molecule has 0 N–H and O–H groups in total. The summed E-state index contributed by atoms with van der Waals surface area (Å²) in [7, 11) is 10.7. The molecule has 9 rings (SSSR count). The summed E-state index contributed by atoms with van der Waals surface area (Å²) in [5.41, 5.74) is 19.2. The van der Waals surface area contributed by atoms with E-state index in [4.69, 9.17) is 17.0 Å². The summed E-state index contributed by atoms with van der Waals surface area (Å²) < 4.78 is 0. The fraction of sp³-hybridized carbons (Fsp3) is 0.222. The molecule has 0 aliphatic carbocycles. The van der Waals surface area contributed by atoms with Gasteiger partial charge in [0.25, 0.3) is 0 Å². The van der Waals surface area contributed by atoms with Crippen LogP contribution in [0.15, 0.2) is 127 Å². The Hall–Kier alpha value is -3.78. The van der Waals surface area contributed by atoms with Gasteiger partial charge in [0, 0.05) is 0 Å². The maximum Gasteiger partial charge on any atom is 0.0920 e. The fourth-order valence-electron chi connectivity index (χ4n) is 8.47. The smallest absolute Gasteiger partial charge is 0.0920 e. The minimum Gasteiger partial charge on any atom is -0.184 e. The second-order valence-electron chi connectivity index (χ2n) is 16.4. The molecule has 294 valence electrons. The largest absolute Gasteiger partial charge is 0.184 e. The molecule has 1 aliphatic heterocycles. The molecule has 4 heteroatoms. The zero-order chi connectivity index (χ0) is 41.7. The molecule has 58 heavy (non-hydrogen) atoms. The Morgan fingerprint density at radius 1 is 0.534 bits per heavy atom. The van der Waals surface area contributed by atoms with E-state index in [0.29, 0.717) is 11.8 Å². The van der Waals surface area contributed by atoms with Crippen molar-refractivity contribution in [3.63, 3.8) is 0 Å². The van der Waals surface area contributed by atoms with Crippen molar-refractivity contribution < 1.29 is 20.8 Å². The topological polar surface area (TPSA) is 0 Å². The van der Waals surface area contributed by atoms with Crippen LogP contribution < -0.4 is 10.4 Å². The molecule has 1 heterocycles. The Balaban J connectivity index is 0.000000145. The quantitative estimate of drug-likeness (QED) is 0.122. The number of rotatable bonds is 4. The molecular weight excluding hydrogens is 839 g/mol. The number of hydrogen-bond acceptors (Lipinski definition) is 0. The Morgan fingerprint density at radius 3 is 1.41 bits per heavy atom. The molecule has 2 radical (unpaired) electrons. The summed E-state index contributed by atoms with van der Waals surface area (Å²) >= 11 is -0.826. The van der Waals surface area contributed by atoms with Gasteiger partial charge < -0.3 is 0 Å². The molecule has 8 aromatic rings. The van der Waals surface area contributed by atoms with Gasteiger partial charge in [-0.1, -0.05) is 157 Å². The van der Waals surface area contributed by atoms with Gasteiger partial charge >= 0.3 is 37.9 Å². The third-order valence-corrected chi connectivity index (χ3v) is 12.1. The minimum atomic E-state index is -0.826. The maximum atomic E-state index is 4.93. The summed E-state index contributed by atoms with van der Waals surface area (Å²) in [6.07, 6.45) is 0. The predicted octanol–water partition coefficient (Wildman–Crippen LogP) is 15.0. The van der Waals surface area contributed by atoms with Gasteiger partial charge in [-0.25, -0.2) is 0 Å². The summed E-state index contributed by atoms with van der Waals surface area (Å²) in [4.78, 5) is 0. The molecule has 0 saturated carbocycles. The molecule has 0 unspecified atom stereocenters. The number of fused-ring (bicyclic) bond motifs is 5. The molecule has 0 aromatic heterocycles. The minimum absolute atomic E-state index is 0.528. The van der Waals surface area contributed by atoms with E-state index in [9.17, 15) is 0 Å². The standard InChI is InChI=1S/2C21H23.C12H7Si.2ClH.Zr/c2*1-13(2)19-7-6-17-9-16(5)12-20(17)21(19)18-10-14(3)8-15(4)11-18;1-3-7-11-9(5-1)10-6-2-4-8-12(10)13-11;;;/h2*6-13H,1-5H3;1-7H;2*1H;/q3*-1;;;+2/p-2. The Kier molecular flexibility index (Phi) is 14.7. The van der Waals surface area contributed by atoms with Crippen LogP contribution in [0.25, 0.3) is 54.9 Å². The Bertz CT molecular complexity index is 2450. The maximum absolute atomic E-state index is 4.93. The van der Waals surface area contributed by atoms with Crippen LogP contribution in [0.1, 0.15) is 84.0 Å². The molecule has 0 bridgehead atoms. The van der Waals surface area contributed by atoms with E-state index in [1.54, 1.807) is 0 Å². The first-order chi connectivity index (χ1) is 27.8. The summed E-state index contributed by atoms with van der Waals surface area (Å²) in [5, 5.41) is 8.31. The van der Waals surface area contributed by atoms with Crippen molar-refractivity contribution in [2.24, 2.45) is 0 Å². The molecule has 0 nitrogen and oxygen atoms in total. The van der Waals surface area contributed by atoms with E-state index >= 15 is 0 Å². The molecule has 0 amide bonds. The van der Waals surface area contributed by atoms with Gasteiger partial charge in [0.1, 0.15) is 0 Å². The van der Waals surface area contributed by atoms with E-state index in [1.165, 1.54) is 110 Å². The molecular formula is C54H53Cl2SiZr-3. The van der Waals surface area contributed by atoms with Crippen LogP contribution >= 0.6 is 17.0 Å². The summed E-state index contributed by atoms with van der Waals surface area (Å²) in [6, 6.07) is 50.3. The van der Waals surface area contributed by atoms with Crippen molar-refractivity contribution >= 4 is 58.5 Å². The van der Waals surface area contributed by atoms with Crippen LogP contribution in [-0.4, -0.2) is 9.52 Å². The van der Waals surface area contributed by atoms with Crippen molar-refractivity contribution in [2.75, 3.05) is 0 Å². The van der Waals surface area contributed by atoms with Gasteiger partial charge in [-0.2, -0.15) is 41.6 Å².